The summed E-state index contributed by atoms with van der Waals surface area (Å²) in [5, 5.41) is 11.5. The molecule has 205 valence electrons. The van der Waals surface area contributed by atoms with Gasteiger partial charge in [-0.05, 0) is 50.5 Å². The van der Waals surface area contributed by atoms with Crippen LogP contribution in [0.4, 0.5) is 0 Å². The van der Waals surface area contributed by atoms with Crippen molar-refractivity contribution < 1.29 is 38.4 Å². The summed E-state index contributed by atoms with van der Waals surface area (Å²) in [6.07, 6.45) is 2.07. The molecule has 2 aromatic rings. The Balaban J connectivity index is 1.55. The molecule has 4 rings (SSSR count). The lowest BCUT2D eigenvalue weighted by atomic mass is 9.81. The van der Waals surface area contributed by atoms with E-state index in [0.717, 1.165) is 5.56 Å². The van der Waals surface area contributed by atoms with Crippen LogP contribution >= 0.6 is 0 Å². The highest BCUT2D eigenvalue weighted by atomic mass is 16.5. The van der Waals surface area contributed by atoms with E-state index in [-0.39, 0.29) is 24.3 Å². The molecule has 0 saturated carbocycles. The number of likely N-dealkylation sites (tertiary alicyclic amines) is 1. The van der Waals surface area contributed by atoms with E-state index in [1.54, 1.807) is 20.3 Å². The number of esters is 1. The third-order valence-electron chi connectivity index (χ3n) is 7.42. The summed E-state index contributed by atoms with van der Waals surface area (Å²) in [4.78, 5) is 26.2. The van der Waals surface area contributed by atoms with Crippen molar-refractivity contribution in [3.63, 3.8) is 0 Å². The molecular formula is C29H36NO8. The van der Waals surface area contributed by atoms with E-state index in [2.05, 4.69) is 0 Å². The molecule has 5 atom stereocenters. The molecule has 2 saturated heterocycles. The number of carbonyl (C=O) groups is 1. The van der Waals surface area contributed by atoms with E-state index >= 15 is 0 Å². The van der Waals surface area contributed by atoms with Gasteiger partial charge in [-0.3, -0.25) is 9.59 Å². The second kappa shape index (κ2) is 12.4. The molecule has 0 aromatic heterocycles. The molecule has 2 aliphatic rings. The Morgan fingerprint density at radius 3 is 2.47 bits per heavy atom. The van der Waals surface area contributed by atoms with Crippen molar-refractivity contribution in [2.24, 2.45) is 17.8 Å². The van der Waals surface area contributed by atoms with Gasteiger partial charge in [-0.1, -0.05) is 18.2 Å². The number of rotatable bonds is 12. The molecule has 0 bridgehead atoms. The number of ether oxygens (including phenoxy) is 5. The van der Waals surface area contributed by atoms with E-state index in [1.807, 2.05) is 50.6 Å². The molecule has 2 aliphatic heterocycles. The molecule has 3 unspecified atom stereocenters. The Hall–Kier alpha value is -3.46. The number of para-hydroxylation sites is 1. The number of aliphatic hydroxyl groups excluding tert-OH is 1. The summed E-state index contributed by atoms with van der Waals surface area (Å²) in [6.45, 7) is 5.18. The van der Waals surface area contributed by atoms with E-state index in [1.165, 1.54) is 4.90 Å². The first-order valence-electron chi connectivity index (χ1n) is 13.0. The third-order valence-corrected chi connectivity index (χ3v) is 7.42. The number of cyclic esters (lactones) is 1. The number of benzene rings is 2. The van der Waals surface area contributed by atoms with Crippen LogP contribution in [0.1, 0.15) is 37.4 Å². The highest BCUT2D eigenvalue weighted by Crippen LogP contribution is 2.45. The zero-order chi connectivity index (χ0) is 27.2. The predicted molar refractivity (Wildman–Crippen MR) is 139 cm³/mol. The molecule has 1 N–H and O–H groups in total. The smallest absolute Gasteiger partial charge is 0.312 e. The maximum absolute atomic E-state index is 12.8. The topological polar surface area (TPSA) is 104 Å². The van der Waals surface area contributed by atoms with Crippen LogP contribution < -0.4 is 18.9 Å². The Labute approximate surface area is 223 Å². The van der Waals surface area contributed by atoms with Crippen LogP contribution in [0, 0.1) is 17.8 Å². The highest BCUT2D eigenvalue weighted by molar-refractivity contribution is 5.75. The van der Waals surface area contributed by atoms with Crippen LogP contribution in [-0.2, 0) is 20.7 Å². The van der Waals surface area contributed by atoms with Crippen LogP contribution in [0.2, 0.25) is 0 Å². The molecule has 1 amide bonds. The van der Waals surface area contributed by atoms with Crippen molar-refractivity contribution in [2.45, 2.75) is 38.8 Å². The van der Waals surface area contributed by atoms with Gasteiger partial charge < -0.3 is 33.7 Å². The fourth-order valence-corrected chi connectivity index (χ4v) is 5.64. The average Bonchev–Trinajstić information content (AvgIpc) is 3.43. The molecular weight excluding hydrogens is 490 g/mol. The zero-order valence-corrected chi connectivity index (χ0v) is 22.3. The maximum Gasteiger partial charge on any atom is 0.312 e. The van der Waals surface area contributed by atoms with Crippen LogP contribution in [0.3, 0.4) is 0 Å². The summed E-state index contributed by atoms with van der Waals surface area (Å²) in [7, 11) is 3.17. The second-order valence-electron chi connectivity index (χ2n) is 9.61. The number of carbonyl (C=O) groups excluding carboxylic acids is 2. The zero-order valence-electron chi connectivity index (χ0n) is 22.3. The van der Waals surface area contributed by atoms with Gasteiger partial charge in [-0.25, -0.2) is 0 Å². The minimum absolute atomic E-state index is 0.0687. The SMILES string of the molecule is CCOc1cccc(C2C(O)C(C[C@H]3C(=O)OC[C@@H]3Cc3ccc(OC)c(OC)c3)CN2[C]=O)c1OCC. The number of aliphatic hydroxyl groups is 1. The number of nitrogens with zero attached hydrogens (tertiary/aromatic N) is 1. The number of amides is 1. The first-order valence-corrected chi connectivity index (χ1v) is 13.0. The minimum atomic E-state index is -0.914. The number of hydrogen-bond donors (Lipinski definition) is 1. The van der Waals surface area contributed by atoms with Gasteiger partial charge in [0.15, 0.2) is 23.0 Å². The van der Waals surface area contributed by atoms with Gasteiger partial charge >= 0.3 is 12.4 Å². The van der Waals surface area contributed by atoms with Crippen LogP contribution in [0.25, 0.3) is 0 Å². The summed E-state index contributed by atoms with van der Waals surface area (Å²) >= 11 is 0. The predicted octanol–water partition coefficient (Wildman–Crippen LogP) is 3.32. The molecule has 38 heavy (non-hydrogen) atoms. The van der Waals surface area contributed by atoms with Crippen molar-refractivity contribution in [2.75, 3.05) is 40.6 Å². The van der Waals surface area contributed by atoms with Crippen LogP contribution in [0.15, 0.2) is 36.4 Å². The normalized spacial score (nSPS) is 24.7. The molecule has 0 spiro atoms. The summed E-state index contributed by atoms with van der Waals surface area (Å²) in [5.74, 6) is 1.23. The first kappa shape index (κ1) is 27.6. The van der Waals surface area contributed by atoms with Crippen molar-refractivity contribution in [3.05, 3.63) is 47.5 Å². The van der Waals surface area contributed by atoms with Crippen molar-refractivity contribution >= 4 is 12.4 Å². The molecule has 2 aromatic carbocycles. The van der Waals surface area contributed by atoms with Gasteiger partial charge in [0.05, 0.1) is 52.1 Å². The first-order chi connectivity index (χ1) is 18.4. The minimum Gasteiger partial charge on any atom is -0.493 e. The number of hydrogen-bond acceptors (Lipinski definition) is 8. The monoisotopic (exact) mass is 526 g/mol. The van der Waals surface area contributed by atoms with Crippen molar-refractivity contribution in [3.8, 4) is 23.0 Å². The van der Waals surface area contributed by atoms with Crippen LogP contribution in [0.5, 0.6) is 23.0 Å². The van der Waals surface area contributed by atoms with Gasteiger partial charge in [-0.2, -0.15) is 0 Å². The molecule has 1 radical (unpaired) electrons. The fourth-order valence-electron chi connectivity index (χ4n) is 5.64. The lowest BCUT2D eigenvalue weighted by Crippen LogP contribution is -2.28. The van der Waals surface area contributed by atoms with E-state index < -0.39 is 18.1 Å². The Morgan fingerprint density at radius 2 is 1.79 bits per heavy atom. The van der Waals surface area contributed by atoms with Crippen molar-refractivity contribution in [1.29, 1.82) is 0 Å². The molecule has 9 nitrogen and oxygen atoms in total. The number of methoxy groups -OCH3 is 2. The summed E-state index contributed by atoms with van der Waals surface area (Å²) in [5.41, 5.74) is 1.66. The summed E-state index contributed by atoms with van der Waals surface area (Å²) < 4.78 is 27.8. The van der Waals surface area contributed by atoms with Gasteiger partial charge in [-0.15, -0.1) is 0 Å². The highest BCUT2D eigenvalue weighted by Gasteiger charge is 2.47. The van der Waals surface area contributed by atoms with Gasteiger partial charge in [0.1, 0.15) is 0 Å². The average molecular weight is 527 g/mol. The Morgan fingerprint density at radius 1 is 1.03 bits per heavy atom. The van der Waals surface area contributed by atoms with Crippen molar-refractivity contribution in [1.82, 2.24) is 4.90 Å². The van der Waals surface area contributed by atoms with E-state index in [0.29, 0.717) is 61.2 Å². The molecule has 2 heterocycles. The fraction of sp³-hybridized carbons (Fsp3) is 0.517. The van der Waals surface area contributed by atoms with E-state index in [4.69, 9.17) is 23.7 Å². The second-order valence-corrected chi connectivity index (χ2v) is 9.61. The molecule has 0 aliphatic carbocycles. The quantitative estimate of drug-likeness (QED) is 0.420. The molecule has 2 fully saturated rings. The standard InChI is InChI=1S/C29H36NO8/c1-5-36-24-9-7-8-21(28(24)37-6-2)26-27(32)19(15-30(26)17-31)14-22-20(16-38-29(22)33)12-18-10-11-23(34-3)25(13-18)35-4/h7-11,13,19-20,22,26-27,32H,5-6,12,14-16H2,1-4H3/t19?,20-,22+,26?,27?/m0/s1. The van der Waals surface area contributed by atoms with Crippen LogP contribution in [-0.4, -0.2) is 69.1 Å². The maximum atomic E-state index is 12.8. The van der Waals surface area contributed by atoms with Gasteiger partial charge in [0.25, 0.3) is 0 Å². The Bertz CT molecular complexity index is 1120. The largest absolute Gasteiger partial charge is 0.493 e. The van der Waals surface area contributed by atoms with Gasteiger partial charge in [0, 0.05) is 23.9 Å². The lowest BCUT2D eigenvalue weighted by Gasteiger charge is -2.26. The van der Waals surface area contributed by atoms with Gasteiger partial charge in [0.2, 0.25) is 0 Å². The Kier molecular flexibility index (Phi) is 8.99. The lowest BCUT2D eigenvalue weighted by molar-refractivity contribution is -0.141. The third kappa shape index (κ3) is 5.53. The summed E-state index contributed by atoms with van der Waals surface area (Å²) in [6, 6.07) is 10.5. The molecule has 9 heteroatoms. The van der Waals surface area contributed by atoms with E-state index in [9.17, 15) is 14.7 Å².